The molecule has 0 aliphatic carbocycles. The van der Waals surface area contributed by atoms with Crippen LogP contribution in [-0.2, 0) is 6.54 Å². The van der Waals surface area contributed by atoms with Gasteiger partial charge >= 0.3 is 0 Å². The zero-order chi connectivity index (χ0) is 14.8. The summed E-state index contributed by atoms with van der Waals surface area (Å²) in [5.41, 5.74) is 0.891. The highest BCUT2D eigenvalue weighted by molar-refractivity contribution is 6.30. The number of benzene rings is 1. The topological polar surface area (TPSA) is 15.3 Å². The van der Waals surface area contributed by atoms with Gasteiger partial charge in [-0.05, 0) is 31.0 Å². The van der Waals surface area contributed by atoms with E-state index in [9.17, 15) is 4.39 Å². The summed E-state index contributed by atoms with van der Waals surface area (Å²) in [6.45, 7) is 10.3. The number of nitrogens with one attached hydrogen (secondary N) is 1. The molecule has 1 saturated heterocycles. The van der Waals surface area contributed by atoms with Gasteiger partial charge in [0.2, 0.25) is 0 Å². The van der Waals surface area contributed by atoms with E-state index in [-0.39, 0.29) is 16.3 Å². The second kappa shape index (κ2) is 6.42. The number of nitrogens with zero attached hydrogens (tertiary/aromatic N) is 1. The van der Waals surface area contributed by atoms with Crippen molar-refractivity contribution in [3.05, 3.63) is 34.6 Å². The van der Waals surface area contributed by atoms with Gasteiger partial charge in [0.15, 0.2) is 0 Å². The van der Waals surface area contributed by atoms with Crippen molar-refractivity contribution in [1.29, 1.82) is 0 Å². The maximum atomic E-state index is 14.0. The summed E-state index contributed by atoms with van der Waals surface area (Å²) in [6.07, 6.45) is 1.09. The average Bonchev–Trinajstić information content (AvgIpc) is 2.60. The molecule has 0 amide bonds. The summed E-state index contributed by atoms with van der Waals surface area (Å²) >= 11 is 5.86. The highest BCUT2D eigenvalue weighted by atomic mass is 35.5. The van der Waals surface area contributed by atoms with Gasteiger partial charge in [0.1, 0.15) is 5.82 Å². The van der Waals surface area contributed by atoms with Gasteiger partial charge in [-0.15, -0.1) is 0 Å². The van der Waals surface area contributed by atoms with Crippen LogP contribution in [0.2, 0.25) is 5.02 Å². The second-order valence-corrected chi connectivity index (χ2v) is 7.08. The summed E-state index contributed by atoms with van der Waals surface area (Å²) in [7, 11) is 0. The first kappa shape index (κ1) is 15.7. The van der Waals surface area contributed by atoms with E-state index >= 15 is 0 Å². The van der Waals surface area contributed by atoms with E-state index in [1.807, 2.05) is 12.1 Å². The van der Waals surface area contributed by atoms with Crippen LogP contribution in [0.5, 0.6) is 0 Å². The van der Waals surface area contributed by atoms with Gasteiger partial charge in [-0.1, -0.05) is 44.5 Å². The molecule has 112 valence electrons. The Balaban J connectivity index is 2.09. The van der Waals surface area contributed by atoms with Gasteiger partial charge in [0.05, 0.1) is 5.02 Å². The lowest BCUT2D eigenvalue weighted by molar-refractivity contribution is 0.191. The first-order valence-electron chi connectivity index (χ1n) is 7.26. The number of hydrogen-bond donors (Lipinski definition) is 1. The molecular weight excluding hydrogens is 275 g/mol. The van der Waals surface area contributed by atoms with Crippen molar-refractivity contribution in [2.24, 2.45) is 5.41 Å². The molecule has 1 aliphatic rings. The van der Waals surface area contributed by atoms with Crippen LogP contribution in [0.4, 0.5) is 4.39 Å². The van der Waals surface area contributed by atoms with Crippen LogP contribution in [0.25, 0.3) is 0 Å². The van der Waals surface area contributed by atoms with Crippen LogP contribution in [0, 0.1) is 11.2 Å². The Labute approximate surface area is 126 Å². The monoisotopic (exact) mass is 298 g/mol. The summed E-state index contributed by atoms with van der Waals surface area (Å²) in [5, 5.41) is 3.81. The third-order valence-corrected chi connectivity index (χ3v) is 4.25. The maximum Gasteiger partial charge on any atom is 0.146 e. The SMILES string of the molecule is CC(C)(C)C1CN(Cc2cccc(Cl)c2F)CCCN1. The average molecular weight is 299 g/mol. The summed E-state index contributed by atoms with van der Waals surface area (Å²) in [5.74, 6) is -0.279. The molecule has 2 rings (SSSR count). The van der Waals surface area contributed by atoms with Crippen LogP contribution >= 0.6 is 11.6 Å². The van der Waals surface area contributed by atoms with Gasteiger partial charge in [-0.2, -0.15) is 0 Å². The Hall–Kier alpha value is -0.640. The Kier molecular flexibility index (Phi) is 5.05. The number of hydrogen-bond acceptors (Lipinski definition) is 2. The number of halogens is 2. The van der Waals surface area contributed by atoms with Crippen molar-refractivity contribution in [3.63, 3.8) is 0 Å². The molecule has 0 saturated carbocycles. The van der Waals surface area contributed by atoms with Crippen LogP contribution in [0.1, 0.15) is 32.8 Å². The molecule has 1 N–H and O–H groups in total. The summed E-state index contributed by atoms with van der Waals surface area (Å²) in [6, 6.07) is 5.67. The Morgan fingerprint density at radius 3 is 2.85 bits per heavy atom. The van der Waals surface area contributed by atoms with Gasteiger partial charge in [0, 0.05) is 24.7 Å². The molecule has 1 fully saturated rings. The van der Waals surface area contributed by atoms with Gasteiger partial charge < -0.3 is 5.32 Å². The van der Waals surface area contributed by atoms with Gasteiger partial charge in [-0.3, -0.25) is 4.90 Å². The van der Waals surface area contributed by atoms with E-state index in [0.29, 0.717) is 18.2 Å². The molecule has 0 bridgehead atoms. The lowest BCUT2D eigenvalue weighted by atomic mass is 9.86. The van der Waals surface area contributed by atoms with E-state index in [0.717, 1.165) is 26.1 Å². The molecule has 4 heteroatoms. The predicted octanol–water partition coefficient (Wildman–Crippen LogP) is 3.69. The molecular formula is C16H24ClFN2. The van der Waals surface area contributed by atoms with E-state index in [4.69, 9.17) is 11.6 Å². The second-order valence-electron chi connectivity index (χ2n) is 6.67. The summed E-state index contributed by atoms with van der Waals surface area (Å²) < 4.78 is 14.0. The standard InChI is InChI=1S/C16H24ClFN2/c1-16(2,3)14-11-20(9-5-8-19-14)10-12-6-4-7-13(17)15(12)18/h4,6-7,14,19H,5,8-11H2,1-3H3. The third kappa shape index (κ3) is 3.94. The first-order valence-corrected chi connectivity index (χ1v) is 7.64. The molecule has 0 spiro atoms. The third-order valence-electron chi connectivity index (χ3n) is 3.95. The van der Waals surface area contributed by atoms with Crippen LogP contribution in [0.3, 0.4) is 0 Å². The normalized spacial score (nSPS) is 21.8. The van der Waals surface area contributed by atoms with E-state index in [2.05, 4.69) is 31.0 Å². The highest BCUT2D eigenvalue weighted by Crippen LogP contribution is 2.24. The van der Waals surface area contributed by atoms with Crippen molar-refractivity contribution in [1.82, 2.24) is 10.2 Å². The highest BCUT2D eigenvalue weighted by Gasteiger charge is 2.28. The zero-order valence-corrected chi connectivity index (χ0v) is 13.3. The quantitative estimate of drug-likeness (QED) is 0.896. The minimum Gasteiger partial charge on any atom is -0.312 e. The first-order chi connectivity index (χ1) is 9.38. The van der Waals surface area contributed by atoms with Crippen molar-refractivity contribution in [2.45, 2.75) is 39.8 Å². The van der Waals surface area contributed by atoms with Crippen molar-refractivity contribution >= 4 is 11.6 Å². The lowest BCUT2D eigenvalue weighted by Crippen LogP contribution is -2.46. The molecule has 20 heavy (non-hydrogen) atoms. The Morgan fingerprint density at radius 2 is 2.15 bits per heavy atom. The van der Waals surface area contributed by atoms with Crippen molar-refractivity contribution < 1.29 is 4.39 Å². The predicted molar refractivity (Wildman–Crippen MR) is 82.5 cm³/mol. The smallest absolute Gasteiger partial charge is 0.146 e. The molecule has 2 nitrogen and oxygen atoms in total. The molecule has 1 aromatic rings. The number of rotatable bonds is 2. The van der Waals surface area contributed by atoms with Crippen LogP contribution in [0.15, 0.2) is 18.2 Å². The van der Waals surface area contributed by atoms with Gasteiger partial charge in [0.25, 0.3) is 0 Å². The van der Waals surface area contributed by atoms with Crippen LogP contribution in [-0.4, -0.2) is 30.6 Å². The fraction of sp³-hybridized carbons (Fsp3) is 0.625. The maximum absolute atomic E-state index is 14.0. The molecule has 1 unspecified atom stereocenters. The largest absolute Gasteiger partial charge is 0.312 e. The lowest BCUT2D eigenvalue weighted by Gasteiger charge is -2.33. The Morgan fingerprint density at radius 1 is 1.40 bits per heavy atom. The molecule has 1 aromatic carbocycles. The minimum atomic E-state index is -0.279. The molecule has 1 aliphatic heterocycles. The molecule has 1 heterocycles. The fourth-order valence-electron chi connectivity index (χ4n) is 2.63. The molecule has 0 radical (unpaired) electrons. The van der Waals surface area contributed by atoms with E-state index in [1.54, 1.807) is 6.07 Å². The molecule has 1 atom stereocenters. The van der Waals surface area contributed by atoms with E-state index < -0.39 is 0 Å². The Bertz CT molecular complexity index is 456. The van der Waals surface area contributed by atoms with Gasteiger partial charge in [-0.25, -0.2) is 4.39 Å². The van der Waals surface area contributed by atoms with E-state index in [1.165, 1.54) is 0 Å². The fourth-order valence-corrected chi connectivity index (χ4v) is 2.82. The minimum absolute atomic E-state index is 0.204. The van der Waals surface area contributed by atoms with Crippen molar-refractivity contribution in [2.75, 3.05) is 19.6 Å². The van der Waals surface area contributed by atoms with Crippen LogP contribution < -0.4 is 5.32 Å². The molecule has 0 aromatic heterocycles. The summed E-state index contributed by atoms with van der Waals surface area (Å²) in [4.78, 5) is 2.32. The zero-order valence-electron chi connectivity index (χ0n) is 12.5. The van der Waals surface area contributed by atoms with Crippen molar-refractivity contribution in [3.8, 4) is 0 Å².